The molecule has 0 radical (unpaired) electrons. The predicted octanol–water partition coefficient (Wildman–Crippen LogP) is 5.62. The fourth-order valence-electron chi connectivity index (χ4n) is 7.37. The maximum atomic E-state index is 12.5. The number of hydrazine groups is 1. The van der Waals surface area contributed by atoms with Crippen LogP contribution in [0.1, 0.15) is 75.2 Å². The van der Waals surface area contributed by atoms with Crippen molar-refractivity contribution in [2.24, 2.45) is 22.7 Å². The third-order valence-corrected chi connectivity index (χ3v) is 8.50. The molecule has 0 aliphatic carbocycles. The van der Waals surface area contributed by atoms with Gasteiger partial charge in [-0.1, -0.05) is 27.7 Å². The van der Waals surface area contributed by atoms with Crippen LogP contribution in [0.15, 0.2) is 0 Å². The summed E-state index contributed by atoms with van der Waals surface area (Å²) >= 11 is 6.15. The Morgan fingerprint density at radius 3 is 1.85 bits per heavy atom. The summed E-state index contributed by atoms with van der Waals surface area (Å²) in [7, 11) is 5.07. The van der Waals surface area contributed by atoms with E-state index >= 15 is 0 Å². The Hall–Kier alpha value is 0.110. The van der Waals surface area contributed by atoms with Gasteiger partial charge in [-0.3, -0.25) is 4.79 Å². The topological polar surface area (TPSA) is 26.8 Å². The second-order valence-electron chi connectivity index (χ2n) is 11.6. The zero-order valence-electron chi connectivity index (χ0n) is 19.1. The van der Waals surface area contributed by atoms with Crippen LogP contribution in [0.2, 0.25) is 0 Å². The van der Waals surface area contributed by atoms with Crippen LogP contribution < -0.4 is 0 Å². The number of hydrogen-bond acceptors (Lipinski definition) is 3. The molecule has 4 nitrogen and oxygen atoms in total. The third kappa shape index (κ3) is 4.20. The monoisotopic (exact) mass is 417 g/mol. The number of carbonyl (C=O) groups is 1. The maximum absolute atomic E-state index is 12.5. The molecule has 158 valence electrons. The van der Waals surface area contributed by atoms with Crippen molar-refractivity contribution >= 4 is 26.4 Å². The van der Waals surface area contributed by atoms with Crippen molar-refractivity contribution in [2.45, 2.75) is 92.3 Å². The molecule has 2 fully saturated rings. The van der Waals surface area contributed by atoms with E-state index < -0.39 is 0 Å². The van der Waals surface area contributed by atoms with E-state index in [1.54, 1.807) is 0 Å². The third-order valence-electron chi connectivity index (χ3n) is 7.22. The van der Waals surface area contributed by atoms with Gasteiger partial charge in [-0.25, -0.2) is 9.79 Å². The molecule has 0 N–H and O–H groups in total. The summed E-state index contributed by atoms with van der Waals surface area (Å²) < 4.78 is 2.30. The molecule has 2 rings (SSSR count). The number of halogens is 1. The normalized spacial score (nSPS) is 36.3. The Labute approximate surface area is 174 Å². The summed E-state index contributed by atoms with van der Waals surface area (Å²) in [5, 5.41) is 1.99. The van der Waals surface area contributed by atoms with Gasteiger partial charge in [0.25, 0.3) is 0 Å². The summed E-state index contributed by atoms with van der Waals surface area (Å²) in [6.45, 7) is 21.8. The smallest absolute Gasteiger partial charge is 0.317 e. The van der Waals surface area contributed by atoms with Gasteiger partial charge in [0.15, 0.2) is 0 Å². The molecule has 1 amide bonds. The number of likely N-dealkylation sites (tertiary alicyclic amines) is 1. The van der Waals surface area contributed by atoms with Crippen LogP contribution in [-0.4, -0.2) is 50.8 Å². The fraction of sp³-hybridized carbons (Fsp3) is 0.952. The molecule has 27 heavy (non-hydrogen) atoms. The number of carbonyl (C=O) groups excluding carboxylic acids is 1. The molecule has 0 bridgehead atoms. The number of nitrogens with zero attached hydrogens (tertiary/aromatic N) is 3. The lowest BCUT2D eigenvalue weighted by Gasteiger charge is -2.57. The number of amides is 1. The zero-order chi connectivity index (χ0) is 21.2. The maximum Gasteiger partial charge on any atom is 0.317 e. The summed E-state index contributed by atoms with van der Waals surface area (Å²) in [5.41, 5.74) is -0.0128. The highest BCUT2D eigenvalue weighted by Crippen LogP contribution is 2.57. The first-order valence-corrected chi connectivity index (χ1v) is 11.1. The van der Waals surface area contributed by atoms with Crippen molar-refractivity contribution < 1.29 is 4.79 Å². The fourth-order valence-corrected chi connectivity index (χ4v) is 7.93. The second-order valence-corrected chi connectivity index (χ2v) is 12.5. The molecule has 0 aromatic heterocycles. The quantitative estimate of drug-likeness (QED) is 0.290. The van der Waals surface area contributed by atoms with Crippen molar-refractivity contribution in [1.82, 2.24) is 14.7 Å². The van der Waals surface area contributed by atoms with Gasteiger partial charge in [0.05, 0.1) is 0 Å². The Morgan fingerprint density at radius 1 is 0.963 bits per heavy atom. The van der Waals surface area contributed by atoms with Crippen molar-refractivity contribution in [3.8, 4) is 0 Å². The van der Waals surface area contributed by atoms with Crippen LogP contribution in [0, 0.1) is 22.7 Å². The van der Waals surface area contributed by atoms with Gasteiger partial charge in [-0.2, -0.15) is 0 Å². The summed E-state index contributed by atoms with van der Waals surface area (Å²) in [4.78, 5) is 14.4. The Morgan fingerprint density at radius 2 is 1.41 bits per heavy atom. The van der Waals surface area contributed by atoms with E-state index in [0.717, 1.165) is 19.4 Å². The average Bonchev–Trinajstić information content (AvgIpc) is 2.45. The van der Waals surface area contributed by atoms with Gasteiger partial charge in [0.2, 0.25) is 0 Å². The molecule has 4 atom stereocenters. The van der Waals surface area contributed by atoms with Gasteiger partial charge in [-0.15, -0.1) is 0 Å². The highest BCUT2D eigenvalue weighted by Gasteiger charge is 2.57. The summed E-state index contributed by atoms with van der Waals surface area (Å²) in [6, 6.07) is 0.0816. The molecule has 2 saturated heterocycles. The minimum atomic E-state index is -0.325. The van der Waals surface area contributed by atoms with E-state index in [9.17, 15) is 4.79 Å². The highest BCUT2D eigenvalue weighted by atomic mass is 35.5. The molecule has 6 heteroatoms. The molecule has 0 saturated carbocycles. The standard InChI is InChI=1S/C21H41ClN3OP/c1-14-15-11-23(10)25(27)21(8,9)13-19(4,5)16(15)18(2,3)12-20(6,7)24(14)17(22)26/h14-16H,11-13,27H2,1-10H3. The Bertz CT molecular complexity index is 590. The molecule has 2 heterocycles. The zero-order valence-corrected chi connectivity index (χ0v) is 21.0. The SMILES string of the molecule is CC1C2CN(C)N(P)C(C)(C)CC(C)(C)C2C(C)(C)CC(C)(C)N1C(=O)Cl. The van der Waals surface area contributed by atoms with Crippen molar-refractivity contribution in [3.63, 3.8) is 0 Å². The largest absolute Gasteiger partial charge is 0.321 e. The van der Waals surface area contributed by atoms with Crippen LogP contribution in [0.25, 0.3) is 0 Å². The van der Waals surface area contributed by atoms with E-state index in [0.29, 0.717) is 11.8 Å². The van der Waals surface area contributed by atoms with E-state index in [4.69, 9.17) is 11.6 Å². The van der Waals surface area contributed by atoms with Crippen molar-refractivity contribution in [3.05, 3.63) is 0 Å². The van der Waals surface area contributed by atoms with Crippen molar-refractivity contribution in [1.29, 1.82) is 0 Å². The van der Waals surface area contributed by atoms with Gasteiger partial charge in [0, 0.05) is 30.7 Å². The molecule has 0 aromatic rings. The van der Waals surface area contributed by atoms with E-state index in [1.807, 2.05) is 4.90 Å². The van der Waals surface area contributed by atoms with Gasteiger partial charge in [0.1, 0.15) is 0 Å². The number of rotatable bonds is 0. The Balaban J connectivity index is 2.68. The molecule has 0 aromatic carbocycles. The van der Waals surface area contributed by atoms with E-state index in [2.05, 4.69) is 88.5 Å². The molecule has 2 aliphatic heterocycles. The average molecular weight is 418 g/mol. The summed E-state index contributed by atoms with van der Waals surface area (Å²) in [5.74, 6) is 0.810. The van der Waals surface area contributed by atoms with Crippen LogP contribution in [0.3, 0.4) is 0 Å². The first-order chi connectivity index (χ1) is 11.9. The van der Waals surface area contributed by atoms with Gasteiger partial charge >= 0.3 is 5.37 Å². The number of hydrogen-bond donors (Lipinski definition) is 0. The molecule has 2 aliphatic rings. The van der Waals surface area contributed by atoms with Crippen LogP contribution in [0.5, 0.6) is 0 Å². The van der Waals surface area contributed by atoms with Crippen LogP contribution in [-0.2, 0) is 0 Å². The predicted molar refractivity (Wildman–Crippen MR) is 119 cm³/mol. The first kappa shape index (κ1) is 23.4. The van der Waals surface area contributed by atoms with E-state index in [-0.39, 0.29) is 33.3 Å². The summed E-state index contributed by atoms with van der Waals surface area (Å²) in [6.07, 6.45) is 2.03. The van der Waals surface area contributed by atoms with Crippen molar-refractivity contribution in [2.75, 3.05) is 13.6 Å². The van der Waals surface area contributed by atoms with Gasteiger partial charge in [-0.05, 0) is 91.1 Å². The lowest BCUT2D eigenvalue weighted by Crippen LogP contribution is -2.59. The highest BCUT2D eigenvalue weighted by molar-refractivity contribution is 7.13. The van der Waals surface area contributed by atoms with Crippen LogP contribution in [0.4, 0.5) is 4.79 Å². The molecule has 4 unspecified atom stereocenters. The second kappa shape index (κ2) is 7.11. The molecule has 0 spiro atoms. The number of fused-ring (bicyclic) bond motifs is 1. The van der Waals surface area contributed by atoms with Crippen LogP contribution >= 0.6 is 21.0 Å². The minimum Gasteiger partial charge on any atom is -0.321 e. The molecular weight excluding hydrogens is 377 g/mol. The minimum absolute atomic E-state index is 0.0387. The Kier molecular flexibility index (Phi) is 6.16. The lowest BCUT2D eigenvalue weighted by atomic mass is 9.54. The van der Waals surface area contributed by atoms with E-state index in [1.165, 1.54) is 0 Å². The first-order valence-electron chi connectivity index (χ1n) is 10.2. The van der Waals surface area contributed by atoms with Gasteiger partial charge < -0.3 is 4.90 Å². The molecular formula is C21H41ClN3OP. The lowest BCUT2D eigenvalue weighted by molar-refractivity contribution is -0.103.